The lowest BCUT2D eigenvalue weighted by atomic mass is 9.86. The van der Waals surface area contributed by atoms with Crippen molar-refractivity contribution in [3.05, 3.63) is 41.8 Å². The molecule has 4 rings (SSSR count). The first-order valence-corrected chi connectivity index (χ1v) is 8.06. The summed E-state index contributed by atoms with van der Waals surface area (Å²) in [7, 11) is 2.08. The highest BCUT2D eigenvalue weighted by molar-refractivity contribution is 6.01. The number of aryl methyl sites for hydroxylation is 2. The normalized spacial score (nSPS) is 13.1. The smallest absolute Gasteiger partial charge is 0.256 e. The Morgan fingerprint density at radius 2 is 1.91 bits per heavy atom. The predicted octanol–water partition coefficient (Wildman–Crippen LogP) is 4.93. The van der Waals surface area contributed by atoms with Crippen molar-refractivity contribution in [2.45, 2.75) is 34.1 Å². The number of benzene rings is 1. The fourth-order valence-electron chi connectivity index (χ4n) is 3.48. The number of nitrogens with zero attached hydrogens (tertiary/aromatic N) is 1. The molecule has 3 heteroatoms. The molecule has 0 bridgehead atoms. The summed E-state index contributed by atoms with van der Waals surface area (Å²) >= 11 is 0. The van der Waals surface area contributed by atoms with E-state index < -0.39 is 0 Å². The highest BCUT2D eigenvalue weighted by Crippen LogP contribution is 2.49. The SMILES string of the molecule is Cc1ccc2occ3c2c1-c1c(c(CC(C)(C)C)cc[n+]1C)O3. The number of hydrogen-bond donors (Lipinski definition) is 0. The molecule has 3 nitrogen and oxygen atoms in total. The predicted molar refractivity (Wildman–Crippen MR) is 90.8 cm³/mol. The van der Waals surface area contributed by atoms with Crippen LogP contribution in [0.3, 0.4) is 0 Å². The van der Waals surface area contributed by atoms with Crippen LogP contribution >= 0.6 is 0 Å². The number of furan rings is 1. The van der Waals surface area contributed by atoms with E-state index in [9.17, 15) is 0 Å². The minimum Gasteiger partial charge on any atom is -0.460 e. The van der Waals surface area contributed by atoms with E-state index >= 15 is 0 Å². The number of ether oxygens (including phenoxy) is 1. The molecule has 2 aromatic heterocycles. The second kappa shape index (κ2) is 4.60. The molecule has 0 saturated carbocycles. The molecule has 0 amide bonds. The number of aromatic nitrogens is 1. The van der Waals surface area contributed by atoms with Gasteiger partial charge in [-0.05, 0) is 30.4 Å². The third kappa shape index (κ3) is 2.14. The van der Waals surface area contributed by atoms with Gasteiger partial charge in [0.05, 0.1) is 10.9 Å². The van der Waals surface area contributed by atoms with Gasteiger partial charge in [-0.3, -0.25) is 0 Å². The van der Waals surface area contributed by atoms with Crippen molar-refractivity contribution >= 4 is 11.0 Å². The van der Waals surface area contributed by atoms with Crippen molar-refractivity contribution in [2.75, 3.05) is 0 Å². The summed E-state index contributed by atoms with van der Waals surface area (Å²) in [6, 6.07) is 6.31. The summed E-state index contributed by atoms with van der Waals surface area (Å²) in [5.74, 6) is 1.79. The standard InChI is InChI=1S/C20H22NO2/c1-12-6-7-14-17-15(11-22-14)23-19-13(10-20(2,3)4)8-9-21(5)18(19)16(12)17/h6-9,11H,10H2,1-5H3/q+1. The van der Waals surface area contributed by atoms with Gasteiger partial charge in [0, 0.05) is 11.6 Å². The molecule has 1 aliphatic heterocycles. The molecule has 118 valence electrons. The minimum atomic E-state index is 0.203. The van der Waals surface area contributed by atoms with Gasteiger partial charge in [0.2, 0.25) is 5.75 Å². The van der Waals surface area contributed by atoms with Gasteiger partial charge in [-0.1, -0.05) is 26.8 Å². The Labute approximate surface area is 136 Å². The molecule has 0 aliphatic carbocycles. The van der Waals surface area contributed by atoms with Gasteiger partial charge < -0.3 is 9.15 Å². The van der Waals surface area contributed by atoms with Crippen LogP contribution in [0.2, 0.25) is 0 Å². The molecule has 1 aliphatic rings. The topological polar surface area (TPSA) is 26.2 Å². The van der Waals surface area contributed by atoms with Gasteiger partial charge in [-0.2, -0.15) is 4.57 Å². The molecule has 0 fully saturated rings. The van der Waals surface area contributed by atoms with Crippen molar-refractivity contribution in [3.63, 3.8) is 0 Å². The van der Waals surface area contributed by atoms with E-state index in [1.54, 1.807) is 6.26 Å². The van der Waals surface area contributed by atoms with E-state index in [4.69, 9.17) is 9.15 Å². The largest absolute Gasteiger partial charge is 0.460 e. The molecule has 23 heavy (non-hydrogen) atoms. The maximum Gasteiger partial charge on any atom is 0.256 e. The number of hydrogen-bond acceptors (Lipinski definition) is 2. The fourth-order valence-corrected chi connectivity index (χ4v) is 3.48. The van der Waals surface area contributed by atoms with Crippen LogP contribution in [-0.4, -0.2) is 0 Å². The summed E-state index contributed by atoms with van der Waals surface area (Å²) in [5.41, 5.74) is 5.94. The number of pyridine rings is 1. The van der Waals surface area contributed by atoms with Crippen molar-refractivity contribution in [3.8, 4) is 22.8 Å². The first-order chi connectivity index (χ1) is 10.8. The van der Waals surface area contributed by atoms with Crippen LogP contribution in [0, 0.1) is 12.3 Å². The molecule has 3 heterocycles. The lowest BCUT2D eigenvalue weighted by Crippen LogP contribution is -2.32. The average Bonchev–Trinajstić information content (AvgIpc) is 2.88. The Kier molecular flexibility index (Phi) is 2.87. The maximum absolute atomic E-state index is 6.29. The van der Waals surface area contributed by atoms with Gasteiger partial charge in [-0.25, -0.2) is 0 Å². The lowest BCUT2D eigenvalue weighted by Gasteiger charge is -2.23. The maximum atomic E-state index is 6.29. The van der Waals surface area contributed by atoms with Gasteiger partial charge in [-0.15, -0.1) is 0 Å². The molecule has 0 atom stereocenters. The van der Waals surface area contributed by atoms with Gasteiger partial charge in [0.1, 0.15) is 18.9 Å². The monoisotopic (exact) mass is 308 g/mol. The molecule has 1 aromatic carbocycles. The van der Waals surface area contributed by atoms with Crippen LogP contribution in [0.15, 0.2) is 35.1 Å². The van der Waals surface area contributed by atoms with E-state index in [2.05, 4.69) is 57.6 Å². The van der Waals surface area contributed by atoms with Crippen LogP contribution in [0.1, 0.15) is 31.9 Å². The fraction of sp³-hybridized carbons (Fsp3) is 0.350. The van der Waals surface area contributed by atoms with E-state index in [1.807, 2.05) is 6.07 Å². The zero-order valence-electron chi connectivity index (χ0n) is 14.4. The third-order valence-corrected chi connectivity index (χ3v) is 4.44. The molecule has 0 radical (unpaired) electrons. The van der Waals surface area contributed by atoms with Crippen molar-refractivity contribution in [1.29, 1.82) is 0 Å². The number of rotatable bonds is 1. The number of fused-ring (bicyclic) bond motifs is 2. The van der Waals surface area contributed by atoms with Gasteiger partial charge in [0.15, 0.2) is 11.9 Å². The van der Waals surface area contributed by atoms with E-state index in [-0.39, 0.29) is 5.41 Å². The summed E-state index contributed by atoms with van der Waals surface area (Å²) in [4.78, 5) is 0. The quantitative estimate of drug-likeness (QED) is 0.466. The average molecular weight is 308 g/mol. The molecule has 0 N–H and O–H groups in total. The Hall–Kier alpha value is -2.29. The first-order valence-electron chi connectivity index (χ1n) is 8.06. The second-order valence-corrected chi connectivity index (χ2v) is 7.70. The van der Waals surface area contributed by atoms with Crippen molar-refractivity contribution < 1.29 is 13.7 Å². The van der Waals surface area contributed by atoms with Crippen LogP contribution in [-0.2, 0) is 13.5 Å². The molecule has 0 spiro atoms. The summed E-state index contributed by atoms with van der Waals surface area (Å²) < 4.78 is 14.1. The van der Waals surface area contributed by atoms with E-state index in [0.717, 1.165) is 34.6 Å². The summed E-state index contributed by atoms with van der Waals surface area (Å²) in [5, 5.41) is 1.08. The van der Waals surface area contributed by atoms with Crippen molar-refractivity contribution in [1.82, 2.24) is 0 Å². The first kappa shape index (κ1) is 14.3. The Morgan fingerprint density at radius 3 is 2.65 bits per heavy atom. The third-order valence-electron chi connectivity index (χ3n) is 4.44. The van der Waals surface area contributed by atoms with E-state index in [0.29, 0.717) is 0 Å². The lowest BCUT2D eigenvalue weighted by molar-refractivity contribution is -0.660. The molecular weight excluding hydrogens is 286 g/mol. The van der Waals surface area contributed by atoms with Crippen molar-refractivity contribution in [2.24, 2.45) is 12.5 Å². The Bertz CT molecular complexity index is 929. The zero-order valence-corrected chi connectivity index (χ0v) is 14.4. The second-order valence-electron chi connectivity index (χ2n) is 7.70. The molecule has 0 saturated heterocycles. The zero-order chi connectivity index (χ0) is 16.4. The Morgan fingerprint density at radius 1 is 1.13 bits per heavy atom. The van der Waals surface area contributed by atoms with Gasteiger partial charge in [0.25, 0.3) is 5.69 Å². The van der Waals surface area contributed by atoms with Crippen LogP contribution < -0.4 is 9.30 Å². The minimum absolute atomic E-state index is 0.203. The summed E-state index contributed by atoms with van der Waals surface area (Å²) in [6.45, 7) is 8.91. The molecule has 0 unspecified atom stereocenters. The Balaban J connectivity index is 2.05. The van der Waals surface area contributed by atoms with Gasteiger partial charge >= 0.3 is 0 Å². The highest BCUT2D eigenvalue weighted by Gasteiger charge is 2.33. The molecule has 3 aromatic rings. The molecular formula is C20H22NO2+. The highest BCUT2D eigenvalue weighted by atomic mass is 16.5. The van der Waals surface area contributed by atoms with Crippen LogP contribution in [0.25, 0.3) is 22.2 Å². The summed E-state index contributed by atoms with van der Waals surface area (Å²) in [6.07, 6.45) is 4.83. The van der Waals surface area contributed by atoms with E-state index in [1.165, 1.54) is 16.7 Å². The van der Waals surface area contributed by atoms with Crippen LogP contribution in [0.4, 0.5) is 0 Å². The van der Waals surface area contributed by atoms with Crippen LogP contribution in [0.5, 0.6) is 11.5 Å².